The number of nitrogens with zero attached hydrogens (tertiary/aromatic N) is 2. The second-order valence-corrected chi connectivity index (χ2v) is 4.39. The van der Waals surface area contributed by atoms with Gasteiger partial charge < -0.3 is 9.88 Å². The van der Waals surface area contributed by atoms with Gasteiger partial charge in [0.25, 0.3) is 0 Å². The van der Waals surface area contributed by atoms with E-state index in [2.05, 4.69) is 35.8 Å². The minimum absolute atomic E-state index is 0.194. The Balaban J connectivity index is 2.31. The van der Waals surface area contributed by atoms with Gasteiger partial charge in [-0.05, 0) is 26.8 Å². The molecule has 0 bridgehead atoms. The first-order chi connectivity index (χ1) is 6.11. The molecule has 0 saturated carbocycles. The van der Waals surface area contributed by atoms with Crippen LogP contribution in [0.5, 0.6) is 0 Å². The lowest BCUT2D eigenvalue weighted by atomic mass is 9.88. The van der Waals surface area contributed by atoms with Crippen molar-refractivity contribution in [1.29, 1.82) is 0 Å². The van der Waals surface area contributed by atoms with Crippen molar-refractivity contribution < 1.29 is 0 Å². The van der Waals surface area contributed by atoms with E-state index in [9.17, 15) is 0 Å². The second-order valence-electron chi connectivity index (χ2n) is 4.39. The van der Waals surface area contributed by atoms with Crippen LogP contribution in [0.25, 0.3) is 0 Å². The topological polar surface area (TPSA) is 29.9 Å². The molecule has 2 heterocycles. The van der Waals surface area contributed by atoms with E-state index in [0.29, 0.717) is 5.92 Å². The lowest BCUT2D eigenvalue weighted by Crippen LogP contribution is -2.37. The zero-order chi connectivity index (χ0) is 9.47. The van der Waals surface area contributed by atoms with Crippen LogP contribution in [-0.4, -0.2) is 21.6 Å². The fraction of sp³-hybridized carbons (Fsp3) is 0.700. The molecule has 72 valence electrons. The molecular weight excluding hydrogens is 162 g/mol. The Morgan fingerprint density at radius 3 is 2.85 bits per heavy atom. The van der Waals surface area contributed by atoms with Crippen LogP contribution < -0.4 is 5.32 Å². The van der Waals surface area contributed by atoms with E-state index in [1.165, 1.54) is 12.2 Å². The summed E-state index contributed by atoms with van der Waals surface area (Å²) in [4.78, 5) is 4.42. The molecule has 13 heavy (non-hydrogen) atoms. The number of imidazole rings is 1. The predicted octanol–water partition coefficient (Wildman–Crippen LogP) is 1.28. The van der Waals surface area contributed by atoms with Crippen molar-refractivity contribution in [3.05, 3.63) is 18.2 Å². The Labute approximate surface area is 79.2 Å². The number of nitrogens with one attached hydrogen (secondary N) is 1. The zero-order valence-corrected chi connectivity index (χ0v) is 8.54. The Morgan fingerprint density at radius 1 is 1.62 bits per heavy atom. The maximum Gasteiger partial charge on any atom is 0.113 e. The first kappa shape index (κ1) is 8.75. The van der Waals surface area contributed by atoms with Gasteiger partial charge in [-0.25, -0.2) is 4.98 Å². The summed E-state index contributed by atoms with van der Waals surface area (Å²) in [6.45, 7) is 5.60. The molecule has 1 fully saturated rings. The minimum atomic E-state index is 0.194. The summed E-state index contributed by atoms with van der Waals surface area (Å²) in [5.74, 6) is 1.75. The Kier molecular flexibility index (Phi) is 1.91. The Bertz CT molecular complexity index is 301. The van der Waals surface area contributed by atoms with Crippen molar-refractivity contribution in [1.82, 2.24) is 14.9 Å². The van der Waals surface area contributed by atoms with Crippen LogP contribution in [0.15, 0.2) is 12.4 Å². The average Bonchev–Trinajstić information content (AvgIpc) is 2.56. The largest absolute Gasteiger partial charge is 0.338 e. The number of hydrogen-bond acceptors (Lipinski definition) is 2. The Morgan fingerprint density at radius 2 is 2.38 bits per heavy atom. The highest BCUT2D eigenvalue weighted by Gasteiger charge is 2.37. The van der Waals surface area contributed by atoms with Gasteiger partial charge in [0.15, 0.2) is 0 Å². The van der Waals surface area contributed by atoms with Crippen molar-refractivity contribution in [2.75, 3.05) is 6.54 Å². The van der Waals surface area contributed by atoms with E-state index in [0.717, 1.165) is 6.54 Å². The third-order valence-corrected chi connectivity index (χ3v) is 3.05. The summed E-state index contributed by atoms with van der Waals surface area (Å²) < 4.78 is 2.12. The molecule has 3 heteroatoms. The van der Waals surface area contributed by atoms with Crippen LogP contribution >= 0.6 is 0 Å². The quantitative estimate of drug-likeness (QED) is 0.703. The van der Waals surface area contributed by atoms with Gasteiger partial charge in [-0.3, -0.25) is 0 Å². The number of aryl methyl sites for hydroxylation is 1. The monoisotopic (exact) mass is 179 g/mol. The van der Waals surface area contributed by atoms with E-state index in [4.69, 9.17) is 0 Å². The highest BCUT2D eigenvalue weighted by Crippen LogP contribution is 2.33. The average molecular weight is 179 g/mol. The van der Waals surface area contributed by atoms with Gasteiger partial charge in [0.05, 0.1) is 0 Å². The van der Waals surface area contributed by atoms with E-state index in [1.807, 2.05) is 12.4 Å². The minimum Gasteiger partial charge on any atom is -0.338 e. The lowest BCUT2D eigenvalue weighted by Gasteiger charge is -2.26. The molecule has 0 radical (unpaired) electrons. The lowest BCUT2D eigenvalue weighted by molar-refractivity contribution is 0.393. The number of aromatic nitrogens is 2. The van der Waals surface area contributed by atoms with Gasteiger partial charge in [-0.2, -0.15) is 0 Å². The first-order valence-corrected chi connectivity index (χ1v) is 4.83. The van der Waals surface area contributed by atoms with Crippen LogP contribution in [0.3, 0.4) is 0 Å². The maximum atomic E-state index is 4.42. The molecule has 1 unspecified atom stereocenters. The van der Waals surface area contributed by atoms with Crippen molar-refractivity contribution in [3.8, 4) is 0 Å². The van der Waals surface area contributed by atoms with Crippen molar-refractivity contribution >= 4 is 0 Å². The molecule has 0 aliphatic carbocycles. The molecule has 1 N–H and O–H groups in total. The molecule has 2 rings (SSSR count). The van der Waals surface area contributed by atoms with E-state index >= 15 is 0 Å². The SMILES string of the molecule is Cn1ccnc1C1CCNC1(C)C. The van der Waals surface area contributed by atoms with Crippen LogP contribution in [0.1, 0.15) is 32.0 Å². The van der Waals surface area contributed by atoms with Crippen LogP contribution in [0.2, 0.25) is 0 Å². The Hall–Kier alpha value is -0.830. The summed E-state index contributed by atoms with van der Waals surface area (Å²) in [5, 5.41) is 3.51. The molecular formula is C10H17N3. The van der Waals surface area contributed by atoms with Gasteiger partial charge in [0.2, 0.25) is 0 Å². The molecule has 1 aromatic rings. The fourth-order valence-corrected chi connectivity index (χ4v) is 2.19. The van der Waals surface area contributed by atoms with Gasteiger partial charge in [-0.15, -0.1) is 0 Å². The van der Waals surface area contributed by atoms with Crippen LogP contribution in [0.4, 0.5) is 0 Å². The third kappa shape index (κ3) is 1.37. The normalized spacial score (nSPS) is 26.5. The van der Waals surface area contributed by atoms with Gasteiger partial charge >= 0.3 is 0 Å². The predicted molar refractivity (Wildman–Crippen MR) is 52.6 cm³/mol. The molecule has 1 saturated heterocycles. The molecule has 1 aliphatic heterocycles. The smallest absolute Gasteiger partial charge is 0.113 e. The van der Waals surface area contributed by atoms with E-state index in [-0.39, 0.29) is 5.54 Å². The van der Waals surface area contributed by atoms with Crippen molar-refractivity contribution in [2.24, 2.45) is 7.05 Å². The van der Waals surface area contributed by atoms with Gasteiger partial charge in [0.1, 0.15) is 5.82 Å². The van der Waals surface area contributed by atoms with E-state index < -0.39 is 0 Å². The molecule has 0 amide bonds. The summed E-state index contributed by atoms with van der Waals surface area (Å²) in [7, 11) is 2.07. The first-order valence-electron chi connectivity index (χ1n) is 4.83. The summed E-state index contributed by atoms with van der Waals surface area (Å²) in [6.07, 6.45) is 5.09. The highest BCUT2D eigenvalue weighted by molar-refractivity contribution is 5.11. The molecule has 0 spiro atoms. The number of rotatable bonds is 1. The van der Waals surface area contributed by atoms with Crippen molar-refractivity contribution in [3.63, 3.8) is 0 Å². The number of hydrogen-bond donors (Lipinski definition) is 1. The molecule has 3 nitrogen and oxygen atoms in total. The summed E-state index contributed by atoms with van der Waals surface area (Å²) in [5.41, 5.74) is 0.194. The van der Waals surface area contributed by atoms with E-state index in [1.54, 1.807) is 0 Å². The summed E-state index contributed by atoms with van der Waals surface area (Å²) in [6, 6.07) is 0. The highest BCUT2D eigenvalue weighted by atomic mass is 15.1. The third-order valence-electron chi connectivity index (χ3n) is 3.05. The van der Waals surface area contributed by atoms with Gasteiger partial charge in [0, 0.05) is 30.9 Å². The summed E-state index contributed by atoms with van der Waals surface area (Å²) >= 11 is 0. The molecule has 1 atom stereocenters. The van der Waals surface area contributed by atoms with Crippen LogP contribution in [-0.2, 0) is 7.05 Å². The zero-order valence-electron chi connectivity index (χ0n) is 8.54. The molecule has 1 aromatic heterocycles. The fourth-order valence-electron chi connectivity index (χ4n) is 2.19. The van der Waals surface area contributed by atoms with Crippen LogP contribution in [0, 0.1) is 0 Å². The standard InChI is InChI=1S/C10H17N3/c1-10(2)8(4-5-12-10)9-11-6-7-13(9)3/h6-8,12H,4-5H2,1-3H3. The van der Waals surface area contributed by atoms with Gasteiger partial charge in [-0.1, -0.05) is 0 Å². The maximum absolute atomic E-state index is 4.42. The molecule has 0 aromatic carbocycles. The molecule has 1 aliphatic rings. The second kappa shape index (κ2) is 2.84. The van der Waals surface area contributed by atoms with Crippen molar-refractivity contribution in [2.45, 2.75) is 31.7 Å².